The van der Waals surface area contributed by atoms with Gasteiger partial charge in [0.1, 0.15) is 11.6 Å². The Kier molecular flexibility index (Phi) is 5.36. The van der Waals surface area contributed by atoms with Gasteiger partial charge in [0.15, 0.2) is 0 Å². The number of benzene rings is 1. The number of nitrogens with one attached hydrogen (secondary N) is 1. The molecule has 0 unspecified atom stereocenters. The Balaban J connectivity index is 1.72. The summed E-state index contributed by atoms with van der Waals surface area (Å²) in [5, 5.41) is 4.63. The average molecular weight is 320 g/mol. The van der Waals surface area contributed by atoms with Gasteiger partial charge in [0.25, 0.3) is 0 Å². The molecule has 1 N–H and O–H groups in total. The fraction of sp³-hybridized carbons (Fsp3) is 0.350. The molecule has 2 heterocycles. The van der Waals surface area contributed by atoms with Crippen LogP contribution in [-0.4, -0.2) is 21.5 Å². The van der Waals surface area contributed by atoms with Crippen LogP contribution in [0.2, 0.25) is 0 Å². The average Bonchev–Trinajstić information content (AvgIpc) is 2.61. The van der Waals surface area contributed by atoms with Crippen molar-refractivity contribution in [1.29, 1.82) is 0 Å². The van der Waals surface area contributed by atoms with Crippen LogP contribution in [0.15, 0.2) is 42.6 Å². The van der Waals surface area contributed by atoms with Gasteiger partial charge in [-0.1, -0.05) is 37.6 Å². The number of anilines is 1. The second-order valence-corrected chi connectivity index (χ2v) is 6.07. The van der Waals surface area contributed by atoms with Gasteiger partial charge in [0, 0.05) is 29.4 Å². The third-order valence-electron chi connectivity index (χ3n) is 4.11. The van der Waals surface area contributed by atoms with Crippen molar-refractivity contribution in [2.24, 2.45) is 0 Å². The molecule has 0 aliphatic carbocycles. The van der Waals surface area contributed by atoms with E-state index in [1.54, 1.807) is 0 Å². The van der Waals surface area contributed by atoms with Gasteiger partial charge in [0.2, 0.25) is 0 Å². The first-order valence-corrected chi connectivity index (χ1v) is 8.67. The minimum absolute atomic E-state index is 0.807. The molecular formula is C20H24N4. The number of rotatable bonds is 7. The number of nitrogens with zero attached hydrogens (tertiary/aromatic N) is 3. The number of fused-ring (bicyclic) bond motifs is 1. The molecule has 1 aromatic carbocycles. The highest BCUT2D eigenvalue weighted by Crippen LogP contribution is 2.17. The number of unbranched alkanes of at least 4 members (excludes halogenated alkanes) is 1. The van der Waals surface area contributed by atoms with E-state index in [1.165, 1.54) is 11.8 Å². The Labute approximate surface area is 143 Å². The lowest BCUT2D eigenvalue weighted by molar-refractivity contribution is 0.821. The highest BCUT2D eigenvalue weighted by molar-refractivity contribution is 5.78. The highest BCUT2D eigenvalue weighted by Gasteiger charge is 2.07. The molecule has 4 heteroatoms. The van der Waals surface area contributed by atoms with Crippen molar-refractivity contribution in [3.05, 3.63) is 59.7 Å². The standard InChI is InChI=1S/C20H24N4/c1-3-4-13-21-20-17(14-22-15(2)23-20)10-12-18-11-9-16-7-5-6-8-19(16)24-18/h5-9,11,14H,3-4,10,12-13H2,1-2H3,(H,21,22,23). The zero-order valence-corrected chi connectivity index (χ0v) is 14.4. The van der Waals surface area contributed by atoms with E-state index in [9.17, 15) is 0 Å². The third kappa shape index (κ3) is 4.07. The quantitative estimate of drug-likeness (QED) is 0.658. The van der Waals surface area contributed by atoms with Crippen molar-refractivity contribution in [2.75, 3.05) is 11.9 Å². The van der Waals surface area contributed by atoms with E-state index in [0.29, 0.717) is 0 Å². The van der Waals surface area contributed by atoms with Crippen molar-refractivity contribution in [1.82, 2.24) is 15.0 Å². The minimum atomic E-state index is 0.807. The maximum Gasteiger partial charge on any atom is 0.132 e. The Morgan fingerprint density at radius 3 is 2.75 bits per heavy atom. The van der Waals surface area contributed by atoms with E-state index in [1.807, 2.05) is 25.3 Å². The molecule has 0 amide bonds. The zero-order chi connectivity index (χ0) is 16.8. The van der Waals surface area contributed by atoms with Crippen molar-refractivity contribution >= 4 is 16.7 Å². The normalized spacial score (nSPS) is 10.9. The van der Waals surface area contributed by atoms with E-state index >= 15 is 0 Å². The summed E-state index contributed by atoms with van der Waals surface area (Å²) in [6.45, 7) is 5.08. The molecule has 2 aromatic heterocycles. The van der Waals surface area contributed by atoms with E-state index < -0.39 is 0 Å². The van der Waals surface area contributed by atoms with Crippen LogP contribution >= 0.6 is 0 Å². The lowest BCUT2D eigenvalue weighted by Crippen LogP contribution is -2.09. The highest BCUT2D eigenvalue weighted by atomic mass is 15.0. The van der Waals surface area contributed by atoms with Gasteiger partial charge in [-0.3, -0.25) is 4.98 Å². The molecular weight excluding hydrogens is 296 g/mol. The first-order valence-electron chi connectivity index (χ1n) is 8.67. The summed E-state index contributed by atoms with van der Waals surface area (Å²) in [6, 6.07) is 12.5. The Hall–Kier alpha value is -2.49. The number of pyridine rings is 1. The summed E-state index contributed by atoms with van der Waals surface area (Å²) in [4.78, 5) is 13.7. The third-order valence-corrected chi connectivity index (χ3v) is 4.11. The maximum absolute atomic E-state index is 4.75. The number of hydrogen-bond acceptors (Lipinski definition) is 4. The van der Waals surface area contributed by atoms with Crippen molar-refractivity contribution in [3.8, 4) is 0 Å². The summed E-state index contributed by atoms with van der Waals surface area (Å²) in [5.41, 5.74) is 3.32. The van der Waals surface area contributed by atoms with Gasteiger partial charge in [-0.25, -0.2) is 9.97 Å². The second kappa shape index (κ2) is 7.86. The van der Waals surface area contributed by atoms with Gasteiger partial charge in [-0.05, 0) is 38.3 Å². The monoisotopic (exact) mass is 320 g/mol. The van der Waals surface area contributed by atoms with Gasteiger partial charge in [-0.15, -0.1) is 0 Å². The molecule has 3 rings (SSSR count). The van der Waals surface area contributed by atoms with E-state index in [4.69, 9.17) is 4.98 Å². The molecule has 4 nitrogen and oxygen atoms in total. The first kappa shape index (κ1) is 16.4. The molecule has 0 bridgehead atoms. The van der Waals surface area contributed by atoms with Crippen molar-refractivity contribution in [3.63, 3.8) is 0 Å². The van der Waals surface area contributed by atoms with Crippen LogP contribution < -0.4 is 5.32 Å². The molecule has 0 fully saturated rings. The summed E-state index contributed by atoms with van der Waals surface area (Å²) in [5.74, 6) is 1.78. The van der Waals surface area contributed by atoms with Crippen LogP contribution in [0.1, 0.15) is 36.8 Å². The number of aryl methyl sites for hydroxylation is 3. The largest absolute Gasteiger partial charge is 0.370 e. The van der Waals surface area contributed by atoms with Crippen LogP contribution in [-0.2, 0) is 12.8 Å². The van der Waals surface area contributed by atoms with Crippen LogP contribution in [0.4, 0.5) is 5.82 Å². The van der Waals surface area contributed by atoms with Crippen LogP contribution in [0.5, 0.6) is 0 Å². The van der Waals surface area contributed by atoms with Crippen molar-refractivity contribution < 1.29 is 0 Å². The summed E-state index contributed by atoms with van der Waals surface area (Å²) < 4.78 is 0. The number of para-hydroxylation sites is 1. The van der Waals surface area contributed by atoms with Gasteiger partial charge in [0.05, 0.1) is 5.52 Å². The molecule has 24 heavy (non-hydrogen) atoms. The predicted molar refractivity (Wildman–Crippen MR) is 99.3 cm³/mol. The number of aromatic nitrogens is 3. The maximum atomic E-state index is 4.75. The zero-order valence-electron chi connectivity index (χ0n) is 14.4. The molecule has 0 aliphatic rings. The molecule has 0 radical (unpaired) electrons. The number of hydrogen-bond donors (Lipinski definition) is 1. The molecule has 0 spiro atoms. The predicted octanol–water partition coefficient (Wildman–Crippen LogP) is 4.33. The van der Waals surface area contributed by atoms with Crippen LogP contribution in [0.25, 0.3) is 10.9 Å². The van der Waals surface area contributed by atoms with Crippen LogP contribution in [0, 0.1) is 6.92 Å². The second-order valence-electron chi connectivity index (χ2n) is 6.07. The summed E-state index contributed by atoms with van der Waals surface area (Å²) in [6.07, 6.45) is 6.04. The lowest BCUT2D eigenvalue weighted by Gasteiger charge is -2.11. The fourth-order valence-electron chi connectivity index (χ4n) is 2.72. The Morgan fingerprint density at radius 1 is 1.00 bits per heavy atom. The first-order chi connectivity index (χ1) is 11.8. The van der Waals surface area contributed by atoms with Crippen molar-refractivity contribution in [2.45, 2.75) is 39.5 Å². The van der Waals surface area contributed by atoms with Gasteiger partial charge >= 0.3 is 0 Å². The summed E-state index contributed by atoms with van der Waals surface area (Å²) >= 11 is 0. The molecule has 3 aromatic rings. The molecule has 0 aliphatic heterocycles. The SMILES string of the molecule is CCCCNc1nc(C)ncc1CCc1ccc2ccccc2n1. The molecule has 0 atom stereocenters. The molecule has 0 saturated carbocycles. The van der Waals surface area contributed by atoms with Gasteiger partial charge in [-0.2, -0.15) is 0 Å². The molecule has 0 saturated heterocycles. The molecule has 124 valence electrons. The Morgan fingerprint density at radius 2 is 1.88 bits per heavy atom. The van der Waals surface area contributed by atoms with Gasteiger partial charge < -0.3 is 5.32 Å². The Bertz CT molecular complexity index is 814. The summed E-state index contributed by atoms with van der Waals surface area (Å²) in [7, 11) is 0. The smallest absolute Gasteiger partial charge is 0.132 e. The minimum Gasteiger partial charge on any atom is -0.370 e. The van der Waals surface area contributed by atoms with Crippen LogP contribution in [0.3, 0.4) is 0 Å². The fourth-order valence-corrected chi connectivity index (χ4v) is 2.72. The lowest BCUT2D eigenvalue weighted by atomic mass is 10.1. The van der Waals surface area contributed by atoms with E-state index in [0.717, 1.165) is 54.2 Å². The van der Waals surface area contributed by atoms with E-state index in [-0.39, 0.29) is 0 Å². The topological polar surface area (TPSA) is 50.7 Å². The van der Waals surface area contributed by atoms with E-state index in [2.05, 4.69) is 46.5 Å².